The van der Waals surface area contributed by atoms with Gasteiger partial charge in [0.05, 0.1) is 6.42 Å². The molecule has 0 saturated carbocycles. The summed E-state index contributed by atoms with van der Waals surface area (Å²) in [6.45, 7) is 1.87. The van der Waals surface area contributed by atoms with Gasteiger partial charge in [0.15, 0.2) is 5.56 Å². The van der Waals surface area contributed by atoms with Crippen molar-refractivity contribution in [3.8, 4) is 6.07 Å². The number of aromatic nitrogens is 2. The number of ether oxygens (including phenoxy) is 1. The Hall–Kier alpha value is -3.34. The van der Waals surface area contributed by atoms with Gasteiger partial charge in [0, 0.05) is 20.1 Å². The maximum atomic E-state index is 12.1. The predicted molar refractivity (Wildman–Crippen MR) is 95.6 cm³/mol. The molecule has 136 valence electrons. The molecule has 8 heteroatoms. The minimum absolute atomic E-state index is 0.0150. The van der Waals surface area contributed by atoms with Crippen LogP contribution in [0.3, 0.4) is 0 Å². The summed E-state index contributed by atoms with van der Waals surface area (Å²) in [5.74, 6) is -0.342. The van der Waals surface area contributed by atoms with E-state index in [2.05, 4.69) is 5.32 Å². The summed E-state index contributed by atoms with van der Waals surface area (Å²) in [5, 5.41) is 12.1. The van der Waals surface area contributed by atoms with Gasteiger partial charge in [-0.2, -0.15) is 5.26 Å². The van der Waals surface area contributed by atoms with Gasteiger partial charge in [0.1, 0.15) is 18.5 Å². The molecular weight excluding hydrogens is 336 g/mol. The molecule has 0 aliphatic rings. The summed E-state index contributed by atoms with van der Waals surface area (Å²) in [7, 11) is 2.76. The fraction of sp³-hybridized carbons (Fsp3) is 0.333. The number of carbonyl (C=O) groups is 1. The molecule has 2 aromatic rings. The van der Waals surface area contributed by atoms with Crippen LogP contribution in [0.5, 0.6) is 0 Å². The Balaban J connectivity index is 2.07. The van der Waals surface area contributed by atoms with Crippen molar-refractivity contribution in [3.05, 3.63) is 62.3 Å². The van der Waals surface area contributed by atoms with Gasteiger partial charge >= 0.3 is 11.7 Å². The monoisotopic (exact) mass is 356 g/mol. The first-order chi connectivity index (χ1) is 12.3. The molecule has 0 amide bonds. The van der Waals surface area contributed by atoms with E-state index in [0.717, 1.165) is 10.1 Å². The maximum Gasteiger partial charge on any atom is 0.332 e. The van der Waals surface area contributed by atoms with Crippen LogP contribution in [0.2, 0.25) is 0 Å². The van der Waals surface area contributed by atoms with Crippen LogP contribution in [-0.4, -0.2) is 21.1 Å². The second-order valence-electron chi connectivity index (χ2n) is 5.94. The van der Waals surface area contributed by atoms with Crippen LogP contribution in [-0.2, 0) is 30.2 Å². The third kappa shape index (κ3) is 4.19. The van der Waals surface area contributed by atoms with E-state index >= 15 is 0 Å². The summed E-state index contributed by atoms with van der Waals surface area (Å²) in [4.78, 5) is 36.1. The van der Waals surface area contributed by atoms with Crippen LogP contribution in [0.15, 0.2) is 39.9 Å². The Morgan fingerprint density at radius 1 is 1.23 bits per heavy atom. The van der Waals surface area contributed by atoms with E-state index in [9.17, 15) is 19.6 Å². The van der Waals surface area contributed by atoms with Crippen LogP contribution in [0.1, 0.15) is 24.5 Å². The highest BCUT2D eigenvalue weighted by Crippen LogP contribution is 2.11. The number of benzene rings is 1. The average Bonchev–Trinajstić information content (AvgIpc) is 2.64. The third-order valence-electron chi connectivity index (χ3n) is 3.87. The van der Waals surface area contributed by atoms with Crippen LogP contribution < -0.4 is 16.6 Å². The number of esters is 1. The van der Waals surface area contributed by atoms with Crippen LogP contribution in [0, 0.1) is 11.3 Å². The number of nitriles is 1. The first-order valence-corrected chi connectivity index (χ1v) is 8.01. The fourth-order valence-corrected chi connectivity index (χ4v) is 2.45. The molecule has 0 bridgehead atoms. The zero-order chi connectivity index (χ0) is 19.3. The quantitative estimate of drug-likeness (QED) is 0.771. The number of carbonyl (C=O) groups excluding carboxylic acids is 1. The Morgan fingerprint density at radius 3 is 2.50 bits per heavy atom. The number of hydrogen-bond donors (Lipinski definition) is 1. The molecule has 0 saturated heterocycles. The molecule has 0 aliphatic heterocycles. The Labute approximate surface area is 150 Å². The van der Waals surface area contributed by atoms with Crippen LogP contribution in [0.25, 0.3) is 0 Å². The van der Waals surface area contributed by atoms with Gasteiger partial charge in [-0.25, -0.2) is 4.79 Å². The summed E-state index contributed by atoms with van der Waals surface area (Å²) < 4.78 is 7.25. The van der Waals surface area contributed by atoms with Crippen molar-refractivity contribution < 1.29 is 9.53 Å². The standard InChI is InChI=1S/C18H20N4O4/c1-12(9-15(23)26-11-13-7-5-4-6-8-13)20-16-14(10-19)17(24)22(3)18(25)21(16)2/h4-8,12,20H,9,11H2,1-3H3. The second kappa shape index (κ2) is 8.16. The predicted octanol–water partition coefficient (Wildman–Crippen LogP) is 0.890. The third-order valence-corrected chi connectivity index (χ3v) is 3.87. The highest BCUT2D eigenvalue weighted by atomic mass is 16.5. The average molecular weight is 356 g/mol. The van der Waals surface area contributed by atoms with Gasteiger partial charge in [-0.1, -0.05) is 30.3 Å². The highest BCUT2D eigenvalue weighted by molar-refractivity contribution is 5.70. The van der Waals surface area contributed by atoms with Crippen LogP contribution >= 0.6 is 0 Å². The zero-order valence-electron chi connectivity index (χ0n) is 14.9. The summed E-state index contributed by atoms with van der Waals surface area (Å²) in [6, 6.07) is 10.6. The van der Waals surface area contributed by atoms with Gasteiger partial charge in [0.25, 0.3) is 5.56 Å². The van der Waals surface area contributed by atoms with E-state index < -0.39 is 23.3 Å². The lowest BCUT2D eigenvalue weighted by molar-refractivity contribution is -0.145. The van der Waals surface area contributed by atoms with Crippen molar-refractivity contribution in [2.75, 3.05) is 5.32 Å². The van der Waals surface area contributed by atoms with Crippen molar-refractivity contribution in [2.24, 2.45) is 14.1 Å². The largest absolute Gasteiger partial charge is 0.461 e. The molecule has 1 atom stereocenters. The molecular formula is C18H20N4O4. The van der Waals surface area contributed by atoms with E-state index in [1.54, 1.807) is 13.0 Å². The number of nitrogens with one attached hydrogen (secondary N) is 1. The maximum absolute atomic E-state index is 12.1. The molecule has 0 radical (unpaired) electrons. The normalized spacial score (nSPS) is 11.5. The molecule has 1 heterocycles. The first kappa shape index (κ1) is 19.0. The van der Waals surface area contributed by atoms with Crippen molar-refractivity contribution in [2.45, 2.75) is 26.0 Å². The first-order valence-electron chi connectivity index (χ1n) is 8.01. The van der Waals surface area contributed by atoms with Gasteiger partial charge in [0.2, 0.25) is 0 Å². The number of hydrogen-bond acceptors (Lipinski definition) is 6. The molecule has 8 nitrogen and oxygen atoms in total. The molecule has 1 N–H and O–H groups in total. The molecule has 0 aliphatic carbocycles. The number of rotatable bonds is 6. The molecule has 0 spiro atoms. The number of nitrogens with zero attached hydrogens (tertiary/aromatic N) is 3. The minimum atomic E-state index is -0.683. The summed E-state index contributed by atoms with van der Waals surface area (Å²) in [5.41, 5.74) is -0.548. The van der Waals surface area contributed by atoms with Gasteiger partial charge in [-0.3, -0.25) is 18.7 Å². The lowest BCUT2D eigenvalue weighted by Crippen LogP contribution is -2.40. The van der Waals surface area contributed by atoms with E-state index in [1.165, 1.54) is 18.7 Å². The lowest BCUT2D eigenvalue weighted by atomic mass is 10.2. The smallest absolute Gasteiger partial charge is 0.332 e. The van der Waals surface area contributed by atoms with Gasteiger partial charge < -0.3 is 10.1 Å². The Kier molecular flexibility index (Phi) is 5.96. The van der Waals surface area contributed by atoms with Gasteiger partial charge in [-0.15, -0.1) is 0 Å². The fourth-order valence-electron chi connectivity index (χ4n) is 2.45. The molecule has 1 aromatic heterocycles. The van der Waals surface area contributed by atoms with E-state index in [-0.39, 0.29) is 24.4 Å². The van der Waals surface area contributed by atoms with Gasteiger partial charge in [-0.05, 0) is 12.5 Å². The van der Waals surface area contributed by atoms with Crippen molar-refractivity contribution in [1.29, 1.82) is 5.26 Å². The SMILES string of the molecule is CC(CC(=O)OCc1ccccc1)Nc1c(C#N)c(=O)n(C)c(=O)n1C. The molecule has 26 heavy (non-hydrogen) atoms. The zero-order valence-corrected chi connectivity index (χ0v) is 14.9. The van der Waals surface area contributed by atoms with Crippen molar-refractivity contribution in [3.63, 3.8) is 0 Å². The van der Waals surface area contributed by atoms with E-state index in [1.807, 2.05) is 30.3 Å². The highest BCUT2D eigenvalue weighted by Gasteiger charge is 2.18. The summed E-state index contributed by atoms with van der Waals surface area (Å²) >= 11 is 0. The van der Waals surface area contributed by atoms with Crippen molar-refractivity contribution in [1.82, 2.24) is 9.13 Å². The second-order valence-corrected chi connectivity index (χ2v) is 5.94. The van der Waals surface area contributed by atoms with Crippen molar-refractivity contribution >= 4 is 11.8 Å². The molecule has 1 unspecified atom stereocenters. The lowest BCUT2D eigenvalue weighted by Gasteiger charge is -2.18. The van der Waals surface area contributed by atoms with Crippen LogP contribution in [0.4, 0.5) is 5.82 Å². The number of anilines is 1. The minimum Gasteiger partial charge on any atom is -0.461 e. The topological polar surface area (TPSA) is 106 Å². The Bertz CT molecular complexity index is 954. The summed E-state index contributed by atoms with van der Waals surface area (Å²) in [6.07, 6.45) is 0.0150. The molecule has 1 aromatic carbocycles. The van der Waals surface area contributed by atoms with E-state index in [0.29, 0.717) is 0 Å². The Morgan fingerprint density at radius 2 is 1.88 bits per heavy atom. The molecule has 0 fully saturated rings. The van der Waals surface area contributed by atoms with E-state index in [4.69, 9.17) is 4.74 Å². The molecule has 2 rings (SSSR count).